The Bertz CT molecular complexity index is 678. The van der Waals surface area contributed by atoms with Gasteiger partial charge in [0.2, 0.25) is 0 Å². The molecule has 118 valence electrons. The van der Waals surface area contributed by atoms with Gasteiger partial charge in [-0.1, -0.05) is 30.3 Å². The minimum Gasteiger partial charge on any atom is -0.405 e. The minimum absolute atomic E-state index is 0.348. The Morgan fingerprint density at radius 3 is 1.95 bits per heavy atom. The highest BCUT2D eigenvalue weighted by Crippen LogP contribution is 2.43. The molecule has 0 unspecified atom stereocenters. The average Bonchev–Trinajstić information content (AvgIpc) is 2.35. The van der Waals surface area contributed by atoms with Gasteiger partial charge in [-0.25, -0.2) is 0 Å². The van der Waals surface area contributed by atoms with Crippen LogP contribution in [0.5, 0.6) is 5.75 Å². The van der Waals surface area contributed by atoms with Gasteiger partial charge in [-0.05, 0) is 17.7 Å². The van der Waals surface area contributed by atoms with E-state index in [1.807, 2.05) is 0 Å². The molecule has 2 N–H and O–H groups in total. The average molecular weight is 321 g/mol. The van der Waals surface area contributed by atoms with Gasteiger partial charge in [0.1, 0.15) is 5.75 Å². The number of alkyl halides is 6. The molecule has 0 atom stereocenters. The van der Waals surface area contributed by atoms with Crippen molar-refractivity contribution < 1.29 is 31.1 Å². The number of benzene rings is 2. The van der Waals surface area contributed by atoms with Gasteiger partial charge in [-0.15, -0.1) is 13.2 Å². The van der Waals surface area contributed by atoms with Crippen molar-refractivity contribution >= 4 is 5.69 Å². The van der Waals surface area contributed by atoms with Crippen LogP contribution in [-0.4, -0.2) is 6.36 Å². The molecule has 0 aliphatic rings. The SMILES string of the molecule is Nc1cccc(-c2ccccc2OC(F)(F)F)c1C(F)(F)F. The van der Waals surface area contributed by atoms with Crippen LogP contribution in [-0.2, 0) is 6.18 Å². The number of hydrogen-bond acceptors (Lipinski definition) is 2. The Hall–Kier alpha value is -2.38. The van der Waals surface area contributed by atoms with Crippen LogP contribution in [0, 0.1) is 0 Å². The number of hydrogen-bond donors (Lipinski definition) is 1. The largest absolute Gasteiger partial charge is 0.573 e. The summed E-state index contributed by atoms with van der Waals surface area (Å²) in [6.07, 6.45) is -9.83. The van der Waals surface area contributed by atoms with E-state index >= 15 is 0 Å². The number of nitrogens with two attached hydrogens (primary N) is 1. The molecule has 0 spiro atoms. The van der Waals surface area contributed by atoms with Crippen LogP contribution < -0.4 is 10.5 Å². The Kier molecular flexibility index (Phi) is 3.95. The fourth-order valence-electron chi connectivity index (χ4n) is 2.01. The van der Waals surface area contributed by atoms with E-state index in [2.05, 4.69) is 4.74 Å². The van der Waals surface area contributed by atoms with Crippen molar-refractivity contribution in [1.82, 2.24) is 0 Å². The van der Waals surface area contributed by atoms with Gasteiger partial charge in [0, 0.05) is 11.3 Å². The van der Waals surface area contributed by atoms with Crippen molar-refractivity contribution in [3.05, 3.63) is 48.0 Å². The van der Waals surface area contributed by atoms with Crippen molar-refractivity contribution in [2.45, 2.75) is 12.5 Å². The second-order valence-electron chi connectivity index (χ2n) is 4.31. The summed E-state index contributed by atoms with van der Waals surface area (Å²) in [4.78, 5) is 0. The Morgan fingerprint density at radius 1 is 0.773 bits per heavy atom. The first-order valence-corrected chi connectivity index (χ1v) is 5.90. The number of rotatable bonds is 2. The van der Waals surface area contributed by atoms with Crippen LogP contribution in [0.2, 0.25) is 0 Å². The van der Waals surface area contributed by atoms with Crippen molar-refractivity contribution in [1.29, 1.82) is 0 Å². The van der Waals surface area contributed by atoms with E-state index in [1.165, 1.54) is 18.2 Å². The van der Waals surface area contributed by atoms with E-state index in [-0.39, 0.29) is 5.56 Å². The first-order chi connectivity index (χ1) is 10.1. The highest BCUT2D eigenvalue weighted by atomic mass is 19.4. The smallest absolute Gasteiger partial charge is 0.405 e. The predicted molar refractivity (Wildman–Crippen MR) is 68.0 cm³/mol. The molecule has 0 amide bonds. The van der Waals surface area contributed by atoms with Crippen LogP contribution in [0.3, 0.4) is 0 Å². The summed E-state index contributed by atoms with van der Waals surface area (Å²) in [5.74, 6) is -0.730. The lowest BCUT2D eigenvalue weighted by atomic mass is 9.97. The summed E-state index contributed by atoms with van der Waals surface area (Å²) < 4.78 is 80.3. The summed E-state index contributed by atoms with van der Waals surface area (Å²) in [6.45, 7) is 0. The standard InChI is InChI=1S/C14H9F6NO/c15-13(16,17)12-9(5-3-6-10(12)21)8-4-1-2-7-11(8)22-14(18,19)20/h1-7H,21H2. The summed E-state index contributed by atoms with van der Waals surface area (Å²) in [6, 6.07) is 7.87. The third-order valence-corrected chi connectivity index (χ3v) is 2.78. The molecule has 0 fully saturated rings. The van der Waals surface area contributed by atoms with Crippen LogP contribution in [0.15, 0.2) is 42.5 Å². The third-order valence-electron chi connectivity index (χ3n) is 2.78. The molecule has 0 aliphatic heterocycles. The molecule has 2 aromatic rings. The van der Waals surface area contributed by atoms with Gasteiger partial charge in [0.15, 0.2) is 0 Å². The molecule has 2 aromatic carbocycles. The second kappa shape index (κ2) is 5.43. The number of ether oxygens (including phenoxy) is 1. The number of anilines is 1. The van der Waals surface area contributed by atoms with Gasteiger partial charge in [0.05, 0.1) is 5.56 Å². The van der Waals surface area contributed by atoms with E-state index in [4.69, 9.17) is 5.73 Å². The third kappa shape index (κ3) is 3.44. The summed E-state index contributed by atoms with van der Waals surface area (Å²) >= 11 is 0. The molecule has 0 bridgehead atoms. The number of halogens is 6. The van der Waals surface area contributed by atoms with E-state index in [0.717, 1.165) is 24.3 Å². The highest BCUT2D eigenvalue weighted by Gasteiger charge is 2.37. The molecular formula is C14H9F6NO. The summed E-state index contributed by atoms with van der Waals surface area (Å²) in [5.41, 5.74) is 2.73. The highest BCUT2D eigenvalue weighted by molar-refractivity contribution is 5.78. The Morgan fingerprint density at radius 2 is 1.36 bits per heavy atom. The molecule has 2 rings (SSSR count). The van der Waals surface area contributed by atoms with E-state index in [1.54, 1.807) is 0 Å². The zero-order valence-corrected chi connectivity index (χ0v) is 10.8. The van der Waals surface area contributed by atoms with Gasteiger partial charge in [-0.2, -0.15) is 13.2 Å². The van der Waals surface area contributed by atoms with Crippen molar-refractivity contribution in [3.63, 3.8) is 0 Å². The lowest BCUT2D eigenvalue weighted by molar-refractivity contribution is -0.274. The van der Waals surface area contributed by atoms with Crippen LogP contribution in [0.4, 0.5) is 32.0 Å². The second-order valence-corrected chi connectivity index (χ2v) is 4.31. The maximum Gasteiger partial charge on any atom is 0.573 e. The monoisotopic (exact) mass is 321 g/mol. The van der Waals surface area contributed by atoms with E-state index in [9.17, 15) is 26.3 Å². The van der Waals surface area contributed by atoms with Crippen LogP contribution >= 0.6 is 0 Å². The number of para-hydroxylation sites is 1. The number of nitrogen functional groups attached to an aromatic ring is 1. The fraction of sp³-hybridized carbons (Fsp3) is 0.143. The molecule has 0 radical (unpaired) electrons. The Balaban J connectivity index is 2.66. The topological polar surface area (TPSA) is 35.2 Å². The summed E-state index contributed by atoms with van der Waals surface area (Å²) in [7, 11) is 0. The minimum atomic E-state index is -5.02. The maximum atomic E-state index is 13.1. The predicted octanol–water partition coefficient (Wildman–Crippen LogP) is 4.85. The molecule has 8 heteroatoms. The van der Waals surface area contributed by atoms with Gasteiger partial charge in [0.25, 0.3) is 0 Å². The first-order valence-electron chi connectivity index (χ1n) is 5.90. The normalized spacial score (nSPS) is 12.3. The van der Waals surface area contributed by atoms with Gasteiger partial charge >= 0.3 is 12.5 Å². The van der Waals surface area contributed by atoms with Gasteiger partial charge in [-0.3, -0.25) is 0 Å². The van der Waals surface area contributed by atoms with E-state index < -0.39 is 35.1 Å². The lowest BCUT2D eigenvalue weighted by Crippen LogP contribution is -2.18. The maximum absolute atomic E-state index is 13.1. The first kappa shape index (κ1) is 16.0. The Labute approximate surface area is 121 Å². The molecular weight excluding hydrogens is 312 g/mol. The molecule has 0 heterocycles. The van der Waals surface area contributed by atoms with Crippen molar-refractivity contribution in [3.8, 4) is 16.9 Å². The van der Waals surface area contributed by atoms with Crippen LogP contribution in [0.1, 0.15) is 5.56 Å². The van der Waals surface area contributed by atoms with Gasteiger partial charge < -0.3 is 10.5 Å². The molecule has 2 nitrogen and oxygen atoms in total. The molecule has 0 saturated heterocycles. The molecule has 22 heavy (non-hydrogen) atoms. The molecule has 0 saturated carbocycles. The quantitative estimate of drug-likeness (QED) is 0.634. The molecule has 0 aliphatic carbocycles. The lowest BCUT2D eigenvalue weighted by Gasteiger charge is -2.18. The zero-order chi connectivity index (χ0) is 16.5. The summed E-state index contributed by atoms with van der Waals surface area (Å²) in [5, 5.41) is 0. The zero-order valence-electron chi connectivity index (χ0n) is 10.8. The van der Waals surface area contributed by atoms with E-state index in [0.29, 0.717) is 0 Å². The fourth-order valence-corrected chi connectivity index (χ4v) is 2.01. The van der Waals surface area contributed by atoms with Crippen LogP contribution in [0.25, 0.3) is 11.1 Å². The molecule has 0 aromatic heterocycles. The van der Waals surface area contributed by atoms with Crippen molar-refractivity contribution in [2.75, 3.05) is 5.73 Å². The van der Waals surface area contributed by atoms with Crippen molar-refractivity contribution in [2.24, 2.45) is 0 Å².